The molecule has 0 heterocycles. The Balaban J connectivity index is 3.61. The van der Waals surface area contributed by atoms with Gasteiger partial charge in [-0.15, -0.1) is 0 Å². The summed E-state index contributed by atoms with van der Waals surface area (Å²) < 4.78 is 0. The molecular weight excluding hydrogens is 354 g/mol. The summed E-state index contributed by atoms with van der Waals surface area (Å²) in [6.07, 6.45) is 27.5. The molecular formula is C27H57NO. The Morgan fingerprint density at radius 2 is 0.690 bits per heavy atom. The number of hydrogen-bond acceptors (Lipinski definition) is 2. The molecule has 0 rings (SSSR count). The predicted molar refractivity (Wildman–Crippen MR) is 132 cm³/mol. The highest BCUT2D eigenvalue weighted by molar-refractivity contribution is 4.70. The van der Waals surface area contributed by atoms with E-state index in [-0.39, 0.29) is 0 Å². The standard InChI is InChI=1S/C27H57NO/c1-5-7-9-11-13-15-17-19-21-23-25-28(27(3,4)29)26-24-22-20-18-16-14-12-10-8-6-2/h29H,5-26H2,1-4H3. The van der Waals surface area contributed by atoms with Gasteiger partial charge in [-0.05, 0) is 26.7 Å². The minimum atomic E-state index is -0.668. The number of hydrogen-bond donors (Lipinski definition) is 1. The van der Waals surface area contributed by atoms with Gasteiger partial charge in [0.1, 0.15) is 5.72 Å². The number of aliphatic hydroxyl groups is 1. The summed E-state index contributed by atoms with van der Waals surface area (Å²) in [7, 11) is 0. The normalized spacial score (nSPS) is 12.2. The van der Waals surface area contributed by atoms with Crippen molar-refractivity contribution in [3.63, 3.8) is 0 Å². The highest BCUT2D eigenvalue weighted by Crippen LogP contribution is 2.16. The van der Waals surface area contributed by atoms with E-state index in [1.807, 2.05) is 13.8 Å². The molecule has 2 nitrogen and oxygen atoms in total. The van der Waals surface area contributed by atoms with Crippen molar-refractivity contribution in [2.75, 3.05) is 13.1 Å². The van der Waals surface area contributed by atoms with Crippen LogP contribution in [0.4, 0.5) is 0 Å². The van der Waals surface area contributed by atoms with E-state index in [2.05, 4.69) is 18.7 Å². The Bertz CT molecular complexity index is 286. The first-order valence-electron chi connectivity index (χ1n) is 13.5. The number of rotatable bonds is 23. The first kappa shape index (κ1) is 28.9. The van der Waals surface area contributed by atoms with E-state index in [4.69, 9.17) is 0 Å². The quantitative estimate of drug-likeness (QED) is 0.134. The molecule has 1 N–H and O–H groups in total. The van der Waals surface area contributed by atoms with Gasteiger partial charge in [-0.2, -0.15) is 0 Å². The molecule has 0 spiro atoms. The van der Waals surface area contributed by atoms with Crippen molar-refractivity contribution in [1.82, 2.24) is 4.90 Å². The zero-order valence-corrected chi connectivity index (χ0v) is 21.0. The lowest BCUT2D eigenvalue weighted by Gasteiger charge is -2.34. The maximum Gasteiger partial charge on any atom is 0.112 e. The van der Waals surface area contributed by atoms with Crippen LogP contribution in [-0.4, -0.2) is 28.8 Å². The number of nitrogens with zero attached hydrogens (tertiary/aromatic N) is 1. The van der Waals surface area contributed by atoms with E-state index < -0.39 is 5.72 Å². The molecule has 0 aliphatic heterocycles. The average molecular weight is 412 g/mol. The molecule has 0 amide bonds. The first-order chi connectivity index (χ1) is 14.0. The van der Waals surface area contributed by atoms with Crippen LogP contribution in [-0.2, 0) is 0 Å². The van der Waals surface area contributed by atoms with E-state index in [1.165, 1.54) is 128 Å². The fourth-order valence-electron chi connectivity index (χ4n) is 4.24. The Labute approximate surface area is 185 Å². The molecule has 2 heteroatoms. The molecule has 0 bridgehead atoms. The molecule has 0 aromatic carbocycles. The van der Waals surface area contributed by atoms with Gasteiger partial charge in [0.2, 0.25) is 0 Å². The van der Waals surface area contributed by atoms with Crippen LogP contribution in [0.2, 0.25) is 0 Å². The fraction of sp³-hybridized carbons (Fsp3) is 1.00. The van der Waals surface area contributed by atoms with Crippen LogP contribution in [0.1, 0.15) is 156 Å². The second-order valence-corrected chi connectivity index (χ2v) is 9.85. The van der Waals surface area contributed by atoms with Crippen molar-refractivity contribution in [3.05, 3.63) is 0 Å². The summed E-state index contributed by atoms with van der Waals surface area (Å²) in [4.78, 5) is 2.31. The van der Waals surface area contributed by atoms with E-state index >= 15 is 0 Å². The molecule has 0 saturated heterocycles. The maximum absolute atomic E-state index is 10.5. The van der Waals surface area contributed by atoms with Gasteiger partial charge in [0, 0.05) is 13.1 Å². The van der Waals surface area contributed by atoms with Crippen molar-refractivity contribution >= 4 is 0 Å². The molecule has 0 aromatic rings. The van der Waals surface area contributed by atoms with E-state index in [0.29, 0.717) is 0 Å². The van der Waals surface area contributed by atoms with Crippen molar-refractivity contribution in [2.24, 2.45) is 0 Å². The van der Waals surface area contributed by atoms with Crippen molar-refractivity contribution in [3.8, 4) is 0 Å². The summed E-state index contributed by atoms with van der Waals surface area (Å²) in [6.45, 7) is 10.6. The van der Waals surface area contributed by atoms with E-state index in [0.717, 1.165) is 13.1 Å². The summed E-state index contributed by atoms with van der Waals surface area (Å²) >= 11 is 0. The van der Waals surface area contributed by atoms with Crippen LogP contribution in [0, 0.1) is 0 Å². The third-order valence-corrected chi connectivity index (χ3v) is 6.34. The molecule has 0 fully saturated rings. The monoisotopic (exact) mass is 411 g/mol. The smallest absolute Gasteiger partial charge is 0.112 e. The van der Waals surface area contributed by atoms with Crippen LogP contribution < -0.4 is 0 Å². The second kappa shape index (κ2) is 21.2. The zero-order chi connectivity index (χ0) is 21.6. The summed E-state index contributed by atoms with van der Waals surface area (Å²) in [5, 5.41) is 10.5. The predicted octanol–water partition coefficient (Wildman–Crippen LogP) is 8.86. The van der Waals surface area contributed by atoms with Gasteiger partial charge >= 0.3 is 0 Å². The van der Waals surface area contributed by atoms with Crippen molar-refractivity contribution < 1.29 is 5.11 Å². The van der Waals surface area contributed by atoms with Crippen LogP contribution in [0.25, 0.3) is 0 Å². The summed E-state index contributed by atoms with van der Waals surface area (Å²) in [5.74, 6) is 0. The van der Waals surface area contributed by atoms with Gasteiger partial charge in [-0.25, -0.2) is 0 Å². The van der Waals surface area contributed by atoms with Crippen molar-refractivity contribution in [2.45, 2.75) is 162 Å². The Morgan fingerprint density at radius 3 is 0.931 bits per heavy atom. The molecule has 0 unspecified atom stereocenters. The highest BCUT2D eigenvalue weighted by Gasteiger charge is 2.22. The lowest BCUT2D eigenvalue weighted by atomic mass is 10.1. The van der Waals surface area contributed by atoms with Crippen LogP contribution in [0.5, 0.6) is 0 Å². The molecule has 0 aliphatic rings. The molecule has 29 heavy (non-hydrogen) atoms. The summed E-state index contributed by atoms with van der Waals surface area (Å²) in [5.41, 5.74) is -0.668. The second-order valence-electron chi connectivity index (χ2n) is 9.85. The molecule has 0 aliphatic carbocycles. The SMILES string of the molecule is CCCCCCCCCCCCN(CCCCCCCCCCCC)C(C)(C)O. The highest BCUT2D eigenvalue weighted by atomic mass is 16.3. The average Bonchev–Trinajstić information content (AvgIpc) is 2.68. The Kier molecular flexibility index (Phi) is 21.1. The molecule has 176 valence electrons. The van der Waals surface area contributed by atoms with Crippen LogP contribution in [0.3, 0.4) is 0 Å². The topological polar surface area (TPSA) is 23.5 Å². The maximum atomic E-state index is 10.5. The number of unbranched alkanes of at least 4 members (excludes halogenated alkanes) is 18. The van der Waals surface area contributed by atoms with Gasteiger partial charge < -0.3 is 5.11 Å². The third-order valence-electron chi connectivity index (χ3n) is 6.34. The lowest BCUT2D eigenvalue weighted by Crippen LogP contribution is -2.44. The van der Waals surface area contributed by atoms with Gasteiger partial charge in [-0.1, -0.05) is 129 Å². The molecule has 0 saturated carbocycles. The molecule has 0 aromatic heterocycles. The van der Waals surface area contributed by atoms with Gasteiger partial charge in [0.15, 0.2) is 0 Å². The van der Waals surface area contributed by atoms with Gasteiger partial charge in [0.25, 0.3) is 0 Å². The fourth-order valence-corrected chi connectivity index (χ4v) is 4.24. The lowest BCUT2D eigenvalue weighted by molar-refractivity contribution is -0.0795. The molecule has 0 atom stereocenters. The van der Waals surface area contributed by atoms with Crippen LogP contribution in [0.15, 0.2) is 0 Å². The molecule has 0 radical (unpaired) electrons. The van der Waals surface area contributed by atoms with E-state index in [1.54, 1.807) is 0 Å². The first-order valence-corrected chi connectivity index (χ1v) is 13.5. The zero-order valence-electron chi connectivity index (χ0n) is 21.0. The van der Waals surface area contributed by atoms with Crippen molar-refractivity contribution in [1.29, 1.82) is 0 Å². The minimum Gasteiger partial charge on any atom is -0.376 e. The third kappa shape index (κ3) is 21.0. The summed E-state index contributed by atoms with van der Waals surface area (Å²) in [6, 6.07) is 0. The van der Waals surface area contributed by atoms with Gasteiger partial charge in [-0.3, -0.25) is 4.90 Å². The minimum absolute atomic E-state index is 0.668. The Morgan fingerprint density at radius 1 is 0.448 bits per heavy atom. The van der Waals surface area contributed by atoms with Gasteiger partial charge in [0.05, 0.1) is 0 Å². The van der Waals surface area contributed by atoms with E-state index in [9.17, 15) is 5.11 Å². The Hall–Kier alpha value is -0.0800. The largest absolute Gasteiger partial charge is 0.376 e. The van der Waals surface area contributed by atoms with Crippen LogP contribution >= 0.6 is 0 Å².